The fraction of sp³-hybridized carbons (Fsp3) is 0.500. The number of carbonyl (C=O) groups is 1. The number of nitro groups is 1. The number of benzene rings is 1. The van der Waals surface area contributed by atoms with E-state index in [0.717, 1.165) is 13.1 Å². The van der Waals surface area contributed by atoms with Crippen LogP contribution >= 0.6 is 12.4 Å². The van der Waals surface area contributed by atoms with Gasteiger partial charge in [0.1, 0.15) is 0 Å². The Balaban J connectivity index is 0.00000242. The third kappa shape index (κ3) is 3.86. The second-order valence-corrected chi connectivity index (χ2v) is 4.92. The molecule has 2 rings (SSSR count). The number of hydrogen-bond donors (Lipinski definition) is 1. The summed E-state index contributed by atoms with van der Waals surface area (Å²) in [7, 11) is 0. The molecule has 7 nitrogen and oxygen atoms in total. The number of amides is 1. The van der Waals surface area contributed by atoms with Gasteiger partial charge in [-0.3, -0.25) is 14.9 Å². The molecule has 1 aliphatic heterocycles. The lowest BCUT2D eigenvalue weighted by molar-refractivity contribution is -0.385. The van der Waals surface area contributed by atoms with Crippen molar-refractivity contribution in [1.29, 1.82) is 0 Å². The first-order valence-electron chi connectivity index (χ1n) is 6.97. The van der Waals surface area contributed by atoms with Crippen molar-refractivity contribution in [3.8, 4) is 5.75 Å². The molecule has 0 aliphatic carbocycles. The summed E-state index contributed by atoms with van der Waals surface area (Å²) in [6, 6.07) is 4.43. The van der Waals surface area contributed by atoms with Crippen LogP contribution in [0.25, 0.3) is 0 Å². The molecule has 0 spiro atoms. The summed E-state index contributed by atoms with van der Waals surface area (Å²) in [6.07, 6.45) is 0. The van der Waals surface area contributed by atoms with E-state index in [-0.39, 0.29) is 35.8 Å². The van der Waals surface area contributed by atoms with Gasteiger partial charge in [-0.1, -0.05) is 0 Å². The van der Waals surface area contributed by atoms with Crippen molar-refractivity contribution in [2.75, 3.05) is 26.2 Å². The highest BCUT2D eigenvalue weighted by Gasteiger charge is 2.26. The Kier molecular flexibility index (Phi) is 6.58. The molecule has 1 atom stereocenters. The van der Waals surface area contributed by atoms with Crippen molar-refractivity contribution in [1.82, 2.24) is 10.2 Å². The van der Waals surface area contributed by atoms with E-state index in [9.17, 15) is 14.9 Å². The van der Waals surface area contributed by atoms with Gasteiger partial charge < -0.3 is 15.0 Å². The number of nitrogens with one attached hydrogen (secondary N) is 1. The summed E-state index contributed by atoms with van der Waals surface area (Å²) in [4.78, 5) is 24.8. The van der Waals surface area contributed by atoms with Crippen LogP contribution in [0.15, 0.2) is 18.2 Å². The molecule has 1 N–H and O–H groups in total. The summed E-state index contributed by atoms with van der Waals surface area (Å²) >= 11 is 0. The zero-order valence-electron chi connectivity index (χ0n) is 12.6. The van der Waals surface area contributed by atoms with E-state index in [1.54, 1.807) is 17.9 Å². The molecule has 22 heavy (non-hydrogen) atoms. The van der Waals surface area contributed by atoms with Gasteiger partial charge in [-0.25, -0.2) is 0 Å². The maximum Gasteiger partial charge on any atom is 0.311 e. The lowest BCUT2D eigenvalue weighted by atomic mass is 10.1. The number of carbonyl (C=O) groups excluding carboxylic acids is 1. The minimum Gasteiger partial charge on any atom is -0.487 e. The topological polar surface area (TPSA) is 84.7 Å². The fourth-order valence-corrected chi connectivity index (χ4v) is 2.38. The van der Waals surface area contributed by atoms with Crippen molar-refractivity contribution in [2.24, 2.45) is 0 Å². The van der Waals surface area contributed by atoms with E-state index in [0.29, 0.717) is 18.7 Å². The molecule has 8 heteroatoms. The second-order valence-electron chi connectivity index (χ2n) is 4.92. The molecular formula is C14H20ClN3O4. The molecule has 0 unspecified atom stereocenters. The predicted octanol–water partition coefficient (Wildman–Crippen LogP) is 1.85. The van der Waals surface area contributed by atoms with Crippen LogP contribution in [0, 0.1) is 10.1 Å². The third-order valence-corrected chi connectivity index (χ3v) is 3.46. The Bertz CT molecular complexity index is 553. The van der Waals surface area contributed by atoms with Gasteiger partial charge in [0, 0.05) is 37.3 Å². The van der Waals surface area contributed by atoms with Gasteiger partial charge >= 0.3 is 5.69 Å². The largest absolute Gasteiger partial charge is 0.487 e. The van der Waals surface area contributed by atoms with Gasteiger partial charge in [0.05, 0.1) is 11.5 Å². The van der Waals surface area contributed by atoms with E-state index in [2.05, 4.69) is 5.32 Å². The highest BCUT2D eigenvalue weighted by Crippen LogP contribution is 2.28. The molecule has 1 heterocycles. The predicted molar refractivity (Wildman–Crippen MR) is 84.9 cm³/mol. The molecule has 0 bridgehead atoms. The second kappa shape index (κ2) is 7.95. The third-order valence-electron chi connectivity index (χ3n) is 3.46. The lowest BCUT2D eigenvalue weighted by Crippen LogP contribution is -2.52. The first-order chi connectivity index (χ1) is 10.0. The first-order valence-corrected chi connectivity index (χ1v) is 6.97. The molecular weight excluding hydrogens is 310 g/mol. The summed E-state index contributed by atoms with van der Waals surface area (Å²) in [5, 5.41) is 14.3. The number of rotatable bonds is 4. The number of halogens is 1. The molecule has 1 aromatic rings. The minimum atomic E-state index is -0.525. The highest BCUT2D eigenvalue weighted by atomic mass is 35.5. The standard InChI is InChI=1S/C14H19N3O4.ClH/c1-3-21-13-5-4-11(8-12(13)17(19)20)14(18)16-7-6-15-9-10(16)2;/h4-5,8,10,15H,3,6-7,9H2,1-2H3;1H/t10-;/m0./s1. The van der Waals surface area contributed by atoms with E-state index in [4.69, 9.17) is 4.74 Å². The fourth-order valence-electron chi connectivity index (χ4n) is 2.38. The van der Waals surface area contributed by atoms with Crippen LogP contribution in [-0.2, 0) is 0 Å². The van der Waals surface area contributed by atoms with E-state index >= 15 is 0 Å². The average molecular weight is 330 g/mol. The van der Waals surface area contributed by atoms with Crippen molar-refractivity contribution >= 4 is 24.0 Å². The quantitative estimate of drug-likeness (QED) is 0.673. The monoisotopic (exact) mass is 329 g/mol. The average Bonchev–Trinajstić information content (AvgIpc) is 2.47. The molecule has 0 aromatic heterocycles. The van der Waals surface area contributed by atoms with Gasteiger partial charge in [-0.05, 0) is 26.0 Å². The molecule has 1 aliphatic rings. The lowest BCUT2D eigenvalue weighted by Gasteiger charge is -2.34. The molecule has 1 aromatic carbocycles. The summed E-state index contributed by atoms with van der Waals surface area (Å²) in [5.41, 5.74) is 0.143. The number of nitro benzene ring substituents is 1. The van der Waals surface area contributed by atoms with Crippen LogP contribution in [-0.4, -0.2) is 48.0 Å². The van der Waals surface area contributed by atoms with E-state index in [1.807, 2.05) is 6.92 Å². The maximum absolute atomic E-state index is 12.5. The van der Waals surface area contributed by atoms with Crippen LogP contribution in [0.1, 0.15) is 24.2 Å². The zero-order chi connectivity index (χ0) is 15.4. The Labute approximate surface area is 135 Å². The zero-order valence-corrected chi connectivity index (χ0v) is 13.4. The SMILES string of the molecule is CCOc1ccc(C(=O)N2CCNC[C@@H]2C)cc1[N+](=O)[O-].Cl. The number of ether oxygens (including phenoxy) is 1. The summed E-state index contributed by atoms with van der Waals surface area (Å²) in [5.74, 6) is 0.00237. The van der Waals surface area contributed by atoms with Gasteiger partial charge in [-0.15, -0.1) is 12.4 Å². The Morgan fingerprint density at radius 3 is 2.86 bits per heavy atom. The van der Waals surface area contributed by atoms with E-state index in [1.165, 1.54) is 12.1 Å². The van der Waals surface area contributed by atoms with Crippen LogP contribution in [0.4, 0.5) is 5.69 Å². The molecule has 1 fully saturated rings. The van der Waals surface area contributed by atoms with Crippen molar-refractivity contribution < 1.29 is 14.5 Å². The highest BCUT2D eigenvalue weighted by molar-refractivity contribution is 5.95. The molecule has 1 saturated heterocycles. The van der Waals surface area contributed by atoms with Crippen LogP contribution in [0.3, 0.4) is 0 Å². The van der Waals surface area contributed by atoms with Crippen LogP contribution in [0.5, 0.6) is 5.75 Å². The van der Waals surface area contributed by atoms with Gasteiger partial charge in [0.15, 0.2) is 5.75 Å². The summed E-state index contributed by atoms with van der Waals surface area (Å²) in [6.45, 7) is 6.10. The first kappa shape index (κ1) is 18.2. The van der Waals surface area contributed by atoms with Gasteiger partial charge in [0.25, 0.3) is 5.91 Å². The van der Waals surface area contributed by atoms with Crippen molar-refractivity contribution in [2.45, 2.75) is 19.9 Å². The smallest absolute Gasteiger partial charge is 0.311 e. The van der Waals surface area contributed by atoms with Crippen LogP contribution in [0.2, 0.25) is 0 Å². The number of piperazine rings is 1. The van der Waals surface area contributed by atoms with E-state index < -0.39 is 4.92 Å². The number of hydrogen-bond acceptors (Lipinski definition) is 5. The Morgan fingerprint density at radius 2 is 2.27 bits per heavy atom. The van der Waals surface area contributed by atoms with Crippen LogP contribution < -0.4 is 10.1 Å². The van der Waals surface area contributed by atoms with Gasteiger partial charge in [0.2, 0.25) is 0 Å². The molecule has 1 amide bonds. The Hall–Kier alpha value is -1.86. The normalized spacial score (nSPS) is 17.5. The summed E-state index contributed by atoms with van der Waals surface area (Å²) < 4.78 is 5.22. The minimum absolute atomic E-state index is 0. The maximum atomic E-state index is 12.5. The molecule has 122 valence electrons. The molecule has 0 radical (unpaired) electrons. The molecule has 0 saturated carbocycles. The number of nitrogens with zero attached hydrogens (tertiary/aromatic N) is 2. The Morgan fingerprint density at radius 1 is 1.55 bits per heavy atom. The van der Waals surface area contributed by atoms with Crippen molar-refractivity contribution in [3.05, 3.63) is 33.9 Å². The van der Waals surface area contributed by atoms with Gasteiger partial charge in [-0.2, -0.15) is 0 Å². The van der Waals surface area contributed by atoms with Crippen molar-refractivity contribution in [3.63, 3.8) is 0 Å².